The Bertz CT molecular complexity index is 517. The van der Waals surface area contributed by atoms with Crippen LogP contribution in [0.5, 0.6) is 0 Å². The van der Waals surface area contributed by atoms with E-state index in [1.165, 1.54) is 5.56 Å². The van der Waals surface area contributed by atoms with E-state index < -0.39 is 0 Å². The number of hydrogen-bond donors (Lipinski definition) is 1. The molecule has 3 nitrogen and oxygen atoms in total. The Morgan fingerprint density at radius 3 is 2.82 bits per heavy atom. The Morgan fingerprint density at radius 1 is 1.35 bits per heavy atom. The van der Waals surface area contributed by atoms with Gasteiger partial charge >= 0.3 is 0 Å². The summed E-state index contributed by atoms with van der Waals surface area (Å²) in [5, 5.41) is 3.33. The fourth-order valence-corrected chi connectivity index (χ4v) is 2.14. The van der Waals surface area contributed by atoms with Crippen LogP contribution in [0.4, 0.5) is 5.95 Å². The minimum Gasteiger partial charge on any atom is -0.353 e. The summed E-state index contributed by atoms with van der Waals surface area (Å²) < 4.78 is 3.15. The van der Waals surface area contributed by atoms with Gasteiger partial charge in [-0.15, -0.1) is 0 Å². The Balaban J connectivity index is 2.46. The number of benzene rings is 1. The Labute approximate surface area is 110 Å². The molecule has 2 rings (SSSR count). The van der Waals surface area contributed by atoms with Crippen molar-refractivity contribution in [1.29, 1.82) is 0 Å². The highest BCUT2D eigenvalue weighted by molar-refractivity contribution is 9.10. The number of rotatable bonds is 3. The van der Waals surface area contributed by atoms with Gasteiger partial charge in [-0.1, -0.05) is 12.1 Å². The van der Waals surface area contributed by atoms with Crippen molar-refractivity contribution in [2.45, 2.75) is 26.8 Å². The standard InChI is InChI=1S/C13H16BrN3/c1-9(2)16-13-15-7-8-17(13)11-6-4-5-10(3)12(11)14/h4-9H,1-3H3,(H,15,16). The molecule has 0 bridgehead atoms. The first kappa shape index (κ1) is 12.2. The van der Waals surface area contributed by atoms with Gasteiger partial charge in [0.25, 0.3) is 0 Å². The van der Waals surface area contributed by atoms with E-state index in [-0.39, 0.29) is 0 Å². The minimum absolute atomic E-state index is 0.361. The van der Waals surface area contributed by atoms with Crippen LogP contribution in [-0.4, -0.2) is 15.6 Å². The topological polar surface area (TPSA) is 29.9 Å². The first-order valence-corrected chi connectivity index (χ1v) is 6.44. The predicted molar refractivity (Wildman–Crippen MR) is 74.8 cm³/mol. The van der Waals surface area contributed by atoms with Crippen LogP contribution in [0.15, 0.2) is 35.1 Å². The van der Waals surface area contributed by atoms with Gasteiger partial charge in [-0.05, 0) is 48.3 Å². The van der Waals surface area contributed by atoms with Crippen LogP contribution in [0, 0.1) is 6.92 Å². The van der Waals surface area contributed by atoms with Gasteiger partial charge in [0.15, 0.2) is 0 Å². The van der Waals surface area contributed by atoms with Gasteiger partial charge in [-0.3, -0.25) is 4.57 Å². The van der Waals surface area contributed by atoms with Crippen LogP contribution in [0.2, 0.25) is 0 Å². The molecule has 0 aliphatic heterocycles. The largest absolute Gasteiger partial charge is 0.353 e. The summed E-state index contributed by atoms with van der Waals surface area (Å²) in [4.78, 5) is 4.33. The van der Waals surface area contributed by atoms with Crippen LogP contribution < -0.4 is 5.32 Å². The van der Waals surface area contributed by atoms with Gasteiger partial charge < -0.3 is 5.32 Å². The Morgan fingerprint density at radius 2 is 2.12 bits per heavy atom. The maximum Gasteiger partial charge on any atom is 0.207 e. The minimum atomic E-state index is 0.361. The van der Waals surface area contributed by atoms with Crippen LogP contribution in [0.1, 0.15) is 19.4 Å². The van der Waals surface area contributed by atoms with Crippen molar-refractivity contribution in [3.8, 4) is 5.69 Å². The van der Waals surface area contributed by atoms with Crippen LogP contribution in [0.3, 0.4) is 0 Å². The van der Waals surface area contributed by atoms with E-state index >= 15 is 0 Å². The lowest BCUT2D eigenvalue weighted by Crippen LogP contribution is -2.14. The smallest absolute Gasteiger partial charge is 0.207 e. The van der Waals surface area contributed by atoms with E-state index in [1.54, 1.807) is 6.20 Å². The second-order valence-electron chi connectivity index (χ2n) is 4.33. The van der Waals surface area contributed by atoms with Gasteiger partial charge in [0.05, 0.1) is 5.69 Å². The third-order valence-corrected chi connectivity index (χ3v) is 3.52. The average Bonchev–Trinajstić information content (AvgIpc) is 2.69. The van der Waals surface area contributed by atoms with E-state index in [2.05, 4.69) is 69.8 Å². The summed E-state index contributed by atoms with van der Waals surface area (Å²) in [5.74, 6) is 0.867. The molecule has 0 spiro atoms. The number of imidazole rings is 1. The number of hydrogen-bond acceptors (Lipinski definition) is 2. The summed E-state index contributed by atoms with van der Waals surface area (Å²) in [7, 11) is 0. The number of aryl methyl sites for hydroxylation is 1. The molecule has 1 N–H and O–H groups in total. The van der Waals surface area contributed by atoms with E-state index in [0.29, 0.717) is 6.04 Å². The van der Waals surface area contributed by atoms with Crippen molar-refractivity contribution in [3.05, 3.63) is 40.6 Å². The number of anilines is 1. The molecule has 17 heavy (non-hydrogen) atoms. The quantitative estimate of drug-likeness (QED) is 0.934. The monoisotopic (exact) mass is 293 g/mol. The summed E-state index contributed by atoms with van der Waals surface area (Å²) in [5.41, 5.74) is 2.32. The third-order valence-electron chi connectivity index (χ3n) is 2.49. The highest BCUT2D eigenvalue weighted by atomic mass is 79.9. The second kappa shape index (κ2) is 4.92. The number of aromatic nitrogens is 2. The zero-order valence-corrected chi connectivity index (χ0v) is 11.8. The lowest BCUT2D eigenvalue weighted by atomic mass is 10.2. The zero-order chi connectivity index (χ0) is 12.4. The molecular weight excluding hydrogens is 278 g/mol. The first-order valence-electron chi connectivity index (χ1n) is 5.65. The van der Waals surface area contributed by atoms with E-state index in [1.807, 2.05) is 6.20 Å². The molecule has 1 aromatic heterocycles. The number of halogens is 1. The van der Waals surface area contributed by atoms with Gasteiger partial charge in [-0.25, -0.2) is 4.98 Å². The fraction of sp³-hybridized carbons (Fsp3) is 0.308. The normalized spacial score (nSPS) is 10.9. The molecule has 0 atom stereocenters. The highest BCUT2D eigenvalue weighted by Gasteiger charge is 2.09. The molecule has 0 aliphatic carbocycles. The Kier molecular flexibility index (Phi) is 3.52. The van der Waals surface area contributed by atoms with Gasteiger partial charge in [0.1, 0.15) is 0 Å². The predicted octanol–water partition coefficient (Wildman–Crippen LogP) is 3.76. The number of nitrogens with zero attached hydrogens (tertiary/aromatic N) is 2. The maximum atomic E-state index is 4.33. The maximum absolute atomic E-state index is 4.33. The molecule has 1 heterocycles. The molecule has 0 saturated heterocycles. The third kappa shape index (κ3) is 2.52. The van der Waals surface area contributed by atoms with Crippen molar-refractivity contribution in [2.24, 2.45) is 0 Å². The summed E-state index contributed by atoms with van der Waals surface area (Å²) in [6, 6.07) is 6.57. The first-order chi connectivity index (χ1) is 8.09. The van der Waals surface area contributed by atoms with Crippen LogP contribution >= 0.6 is 15.9 Å². The molecule has 0 radical (unpaired) electrons. The molecule has 1 aromatic carbocycles. The number of nitrogens with one attached hydrogen (secondary N) is 1. The van der Waals surface area contributed by atoms with Crippen LogP contribution in [-0.2, 0) is 0 Å². The molecule has 0 fully saturated rings. The van der Waals surface area contributed by atoms with E-state index in [4.69, 9.17) is 0 Å². The molecular formula is C13H16BrN3. The van der Waals surface area contributed by atoms with Gasteiger partial charge in [0, 0.05) is 22.9 Å². The SMILES string of the molecule is Cc1cccc(-n2ccnc2NC(C)C)c1Br. The van der Waals surface area contributed by atoms with Crippen molar-refractivity contribution >= 4 is 21.9 Å². The zero-order valence-electron chi connectivity index (χ0n) is 10.2. The highest BCUT2D eigenvalue weighted by Crippen LogP contribution is 2.26. The lowest BCUT2D eigenvalue weighted by Gasteiger charge is -2.14. The summed E-state index contributed by atoms with van der Waals surface area (Å²) in [6.45, 7) is 6.29. The van der Waals surface area contributed by atoms with E-state index in [9.17, 15) is 0 Å². The van der Waals surface area contributed by atoms with Crippen molar-refractivity contribution in [1.82, 2.24) is 9.55 Å². The van der Waals surface area contributed by atoms with Crippen molar-refractivity contribution in [2.75, 3.05) is 5.32 Å². The molecule has 90 valence electrons. The average molecular weight is 294 g/mol. The second-order valence-corrected chi connectivity index (χ2v) is 5.12. The molecule has 0 amide bonds. The Hall–Kier alpha value is -1.29. The van der Waals surface area contributed by atoms with Gasteiger partial charge in [0.2, 0.25) is 5.95 Å². The van der Waals surface area contributed by atoms with Crippen molar-refractivity contribution in [3.63, 3.8) is 0 Å². The molecule has 2 aromatic rings. The molecule has 0 unspecified atom stereocenters. The summed E-state index contributed by atoms with van der Waals surface area (Å²) >= 11 is 3.63. The van der Waals surface area contributed by atoms with E-state index in [0.717, 1.165) is 16.1 Å². The molecule has 0 aliphatic rings. The molecule has 0 saturated carbocycles. The molecule has 4 heteroatoms. The fourth-order valence-electron chi connectivity index (χ4n) is 1.68. The van der Waals surface area contributed by atoms with Crippen molar-refractivity contribution < 1.29 is 0 Å². The van der Waals surface area contributed by atoms with Gasteiger partial charge in [-0.2, -0.15) is 0 Å². The van der Waals surface area contributed by atoms with Crippen LogP contribution in [0.25, 0.3) is 5.69 Å². The lowest BCUT2D eigenvalue weighted by molar-refractivity contribution is 0.863. The summed E-state index contributed by atoms with van der Waals surface area (Å²) in [6.07, 6.45) is 3.77.